The Hall–Kier alpha value is -0.570. The smallest absolute Gasteiger partial charge is 0.240 e. The average Bonchev–Trinajstić information content (AvgIpc) is 2.49. The summed E-state index contributed by atoms with van der Waals surface area (Å²) in [5, 5.41) is 3.25. The molecule has 1 amide bonds. The minimum absolute atomic E-state index is 0.0238. The fraction of sp³-hybridized carbons (Fsp3) is 0.917. The summed E-state index contributed by atoms with van der Waals surface area (Å²) in [6.45, 7) is 10.3. The molecule has 0 aromatic heterocycles. The molecule has 1 rings (SSSR count). The van der Waals surface area contributed by atoms with E-state index in [0.717, 1.165) is 32.4 Å². The molecule has 88 valence electrons. The first-order chi connectivity index (χ1) is 7.03. The molecule has 0 spiro atoms. The number of nitrogens with one attached hydrogen (secondary N) is 1. The molecule has 0 aliphatic carbocycles. The van der Waals surface area contributed by atoms with Crippen LogP contribution in [0.4, 0.5) is 0 Å². The van der Waals surface area contributed by atoms with E-state index in [0.29, 0.717) is 0 Å². The number of nitrogens with zero attached hydrogens (tertiary/aromatic N) is 1. The molecule has 1 saturated heterocycles. The summed E-state index contributed by atoms with van der Waals surface area (Å²) < 4.78 is 0. The zero-order valence-corrected chi connectivity index (χ0v) is 10.5. The molecule has 1 fully saturated rings. The molecule has 1 aliphatic heterocycles. The van der Waals surface area contributed by atoms with Crippen LogP contribution < -0.4 is 5.32 Å². The molecule has 1 heterocycles. The van der Waals surface area contributed by atoms with Crippen molar-refractivity contribution < 1.29 is 4.79 Å². The zero-order valence-electron chi connectivity index (χ0n) is 10.5. The normalized spacial score (nSPS) is 22.5. The highest BCUT2D eigenvalue weighted by molar-refractivity contribution is 5.84. The Kier molecular flexibility index (Phi) is 4.14. The van der Waals surface area contributed by atoms with E-state index < -0.39 is 0 Å². The zero-order chi connectivity index (χ0) is 11.5. The molecule has 0 radical (unpaired) electrons. The Morgan fingerprint density at radius 3 is 2.67 bits per heavy atom. The molecule has 3 heteroatoms. The third-order valence-corrected chi connectivity index (χ3v) is 3.25. The van der Waals surface area contributed by atoms with Crippen LogP contribution in [0.5, 0.6) is 0 Å². The van der Waals surface area contributed by atoms with Gasteiger partial charge in [0.1, 0.15) is 0 Å². The molecule has 1 atom stereocenters. The van der Waals surface area contributed by atoms with Crippen LogP contribution in [0.15, 0.2) is 0 Å². The van der Waals surface area contributed by atoms with Crippen LogP contribution >= 0.6 is 0 Å². The van der Waals surface area contributed by atoms with Crippen LogP contribution in [0.25, 0.3) is 0 Å². The Bertz CT molecular complexity index is 226. The number of likely N-dealkylation sites (tertiary alicyclic amines) is 1. The van der Waals surface area contributed by atoms with Gasteiger partial charge in [0.2, 0.25) is 5.91 Å². The first kappa shape index (κ1) is 12.5. The number of hydrogen-bond donors (Lipinski definition) is 1. The summed E-state index contributed by atoms with van der Waals surface area (Å²) >= 11 is 0. The van der Waals surface area contributed by atoms with Gasteiger partial charge in [-0.25, -0.2) is 0 Å². The number of amides is 1. The van der Waals surface area contributed by atoms with Crippen molar-refractivity contribution in [3.8, 4) is 0 Å². The van der Waals surface area contributed by atoms with E-state index in [1.807, 2.05) is 11.8 Å². The van der Waals surface area contributed by atoms with Crippen LogP contribution in [-0.4, -0.2) is 35.5 Å². The molecule has 1 N–H and O–H groups in total. The van der Waals surface area contributed by atoms with E-state index in [1.54, 1.807) is 0 Å². The van der Waals surface area contributed by atoms with Gasteiger partial charge in [0.25, 0.3) is 0 Å². The molecule has 1 unspecified atom stereocenters. The molecule has 3 nitrogen and oxygen atoms in total. The van der Waals surface area contributed by atoms with Crippen LogP contribution in [0.3, 0.4) is 0 Å². The first-order valence-corrected chi connectivity index (χ1v) is 6.07. The van der Waals surface area contributed by atoms with Crippen molar-refractivity contribution in [2.24, 2.45) is 0 Å². The third kappa shape index (κ3) is 2.71. The van der Waals surface area contributed by atoms with Gasteiger partial charge in [0, 0.05) is 12.1 Å². The van der Waals surface area contributed by atoms with Gasteiger partial charge in [-0.2, -0.15) is 0 Å². The van der Waals surface area contributed by atoms with E-state index in [1.165, 1.54) is 0 Å². The highest BCUT2D eigenvalue weighted by Gasteiger charge is 2.38. The lowest BCUT2D eigenvalue weighted by Gasteiger charge is -2.35. The number of carbonyl (C=O) groups is 1. The molecular formula is C12H24N2O. The van der Waals surface area contributed by atoms with E-state index in [9.17, 15) is 4.79 Å². The Morgan fingerprint density at radius 2 is 2.13 bits per heavy atom. The van der Waals surface area contributed by atoms with E-state index in [4.69, 9.17) is 0 Å². The number of likely N-dealkylation sites (N-methyl/N-ethyl adjacent to an activating group) is 1. The first-order valence-electron chi connectivity index (χ1n) is 6.07. The summed E-state index contributed by atoms with van der Waals surface area (Å²) in [5.74, 6) is 0.287. The summed E-state index contributed by atoms with van der Waals surface area (Å²) in [4.78, 5) is 14.1. The summed E-state index contributed by atoms with van der Waals surface area (Å²) in [6.07, 6.45) is 3.17. The van der Waals surface area contributed by atoms with Gasteiger partial charge >= 0.3 is 0 Å². The Morgan fingerprint density at radius 1 is 1.47 bits per heavy atom. The predicted molar refractivity (Wildman–Crippen MR) is 62.8 cm³/mol. The number of hydrogen-bond acceptors (Lipinski definition) is 2. The lowest BCUT2D eigenvalue weighted by Crippen LogP contribution is -2.48. The van der Waals surface area contributed by atoms with Gasteiger partial charge in [-0.15, -0.1) is 0 Å². The summed E-state index contributed by atoms with van der Waals surface area (Å²) in [7, 11) is 0. The molecule has 0 aromatic rings. The van der Waals surface area contributed by atoms with Crippen molar-refractivity contribution in [2.75, 3.05) is 13.1 Å². The van der Waals surface area contributed by atoms with E-state index in [-0.39, 0.29) is 17.5 Å². The second-order valence-corrected chi connectivity index (χ2v) is 4.95. The van der Waals surface area contributed by atoms with Crippen LogP contribution in [0.2, 0.25) is 0 Å². The lowest BCUT2D eigenvalue weighted by molar-refractivity contribution is -0.134. The monoisotopic (exact) mass is 212 g/mol. The molecule has 1 aliphatic rings. The SMILES string of the molecule is CCCC(C)(C)N1CCC(NCC)C1=O. The van der Waals surface area contributed by atoms with Gasteiger partial charge in [-0.1, -0.05) is 20.3 Å². The highest BCUT2D eigenvalue weighted by atomic mass is 16.2. The Balaban J connectivity index is 2.62. The van der Waals surface area contributed by atoms with E-state index >= 15 is 0 Å². The van der Waals surface area contributed by atoms with Gasteiger partial charge in [-0.05, 0) is 33.2 Å². The standard InChI is InChI=1S/C12H24N2O/c1-5-8-12(3,4)14-9-7-10(11(14)15)13-6-2/h10,13H,5-9H2,1-4H3. The van der Waals surface area contributed by atoms with Crippen molar-refractivity contribution in [3.63, 3.8) is 0 Å². The number of carbonyl (C=O) groups excluding carboxylic acids is 1. The predicted octanol–water partition coefficient (Wildman–Crippen LogP) is 1.78. The third-order valence-electron chi connectivity index (χ3n) is 3.25. The quantitative estimate of drug-likeness (QED) is 0.753. The maximum absolute atomic E-state index is 12.1. The number of rotatable bonds is 5. The highest BCUT2D eigenvalue weighted by Crippen LogP contribution is 2.26. The molecule has 0 bridgehead atoms. The van der Waals surface area contributed by atoms with Crippen molar-refractivity contribution in [1.82, 2.24) is 10.2 Å². The fourth-order valence-electron chi connectivity index (χ4n) is 2.46. The molecule has 15 heavy (non-hydrogen) atoms. The van der Waals surface area contributed by atoms with Gasteiger partial charge in [0.15, 0.2) is 0 Å². The van der Waals surface area contributed by atoms with Crippen molar-refractivity contribution in [1.29, 1.82) is 0 Å². The minimum atomic E-state index is 0.0238. The second-order valence-electron chi connectivity index (χ2n) is 4.95. The van der Waals surface area contributed by atoms with E-state index in [2.05, 4.69) is 26.1 Å². The fourth-order valence-corrected chi connectivity index (χ4v) is 2.46. The minimum Gasteiger partial charge on any atom is -0.336 e. The molecular weight excluding hydrogens is 188 g/mol. The average molecular weight is 212 g/mol. The Labute approximate surface area is 93.2 Å². The lowest BCUT2D eigenvalue weighted by atomic mass is 9.97. The maximum Gasteiger partial charge on any atom is 0.240 e. The largest absolute Gasteiger partial charge is 0.336 e. The van der Waals surface area contributed by atoms with Gasteiger partial charge in [0.05, 0.1) is 6.04 Å². The van der Waals surface area contributed by atoms with Crippen LogP contribution in [0, 0.1) is 0 Å². The second kappa shape index (κ2) is 4.97. The maximum atomic E-state index is 12.1. The molecule has 0 saturated carbocycles. The van der Waals surface area contributed by atoms with Crippen molar-refractivity contribution >= 4 is 5.91 Å². The van der Waals surface area contributed by atoms with Crippen molar-refractivity contribution in [3.05, 3.63) is 0 Å². The van der Waals surface area contributed by atoms with Gasteiger partial charge < -0.3 is 10.2 Å². The topological polar surface area (TPSA) is 32.3 Å². The summed E-state index contributed by atoms with van der Waals surface area (Å²) in [5.41, 5.74) is 0.0238. The van der Waals surface area contributed by atoms with Crippen LogP contribution in [-0.2, 0) is 4.79 Å². The van der Waals surface area contributed by atoms with Crippen molar-refractivity contribution in [2.45, 2.75) is 58.5 Å². The molecule has 0 aromatic carbocycles. The van der Waals surface area contributed by atoms with Crippen LogP contribution in [0.1, 0.15) is 47.0 Å². The summed E-state index contributed by atoms with van der Waals surface area (Å²) in [6, 6.07) is 0.0612. The van der Waals surface area contributed by atoms with Gasteiger partial charge in [-0.3, -0.25) is 4.79 Å².